The van der Waals surface area contributed by atoms with E-state index in [-0.39, 0.29) is 11.9 Å². The molecule has 17 heavy (non-hydrogen) atoms. The van der Waals surface area contributed by atoms with Gasteiger partial charge < -0.3 is 10.6 Å². The number of rotatable bonds is 9. The SMILES string of the molecule is CCCCN(C(=O)[C@H](N)CCSC)C(C)CC. The Bertz CT molecular complexity index is 212. The van der Waals surface area contributed by atoms with Crippen molar-refractivity contribution < 1.29 is 4.79 Å². The maximum Gasteiger partial charge on any atom is 0.239 e. The number of nitrogens with zero attached hydrogens (tertiary/aromatic N) is 1. The van der Waals surface area contributed by atoms with Crippen molar-refractivity contribution >= 4 is 17.7 Å². The Labute approximate surface area is 111 Å². The minimum Gasteiger partial charge on any atom is -0.339 e. The Morgan fingerprint density at radius 1 is 1.41 bits per heavy atom. The summed E-state index contributed by atoms with van der Waals surface area (Å²) in [5.74, 6) is 1.08. The standard InChI is InChI=1S/C13H28N2OS/c1-5-7-9-15(11(3)6-2)13(16)12(14)8-10-17-4/h11-12H,5-10,14H2,1-4H3/t11?,12-/m1/s1. The van der Waals surface area contributed by atoms with Gasteiger partial charge in [0, 0.05) is 12.6 Å². The predicted octanol–water partition coefficient (Wildman–Crippen LogP) is 2.49. The molecule has 0 bridgehead atoms. The lowest BCUT2D eigenvalue weighted by Crippen LogP contribution is -2.48. The van der Waals surface area contributed by atoms with Gasteiger partial charge in [0.25, 0.3) is 0 Å². The largest absolute Gasteiger partial charge is 0.339 e. The van der Waals surface area contributed by atoms with E-state index in [1.54, 1.807) is 11.8 Å². The van der Waals surface area contributed by atoms with Gasteiger partial charge in [-0.3, -0.25) is 4.79 Å². The summed E-state index contributed by atoms with van der Waals surface area (Å²) < 4.78 is 0. The predicted molar refractivity (Wildman–Crippen MR) is 77.3 cm³/mol. The average Bonchev–Trinajstić information content (AvgIpc) is 2.35. The van der Waals surface area contributed by atoms with Gasteiger partial charge in [-0.1, -0.05) is 20.3 Å². The minimum absolute atomic E-state index is 0.127. The van der Waals surface area contributed by atoms with Crippen LogP contribution in [0.25, 0.3) is 0 Å². The Morgan fingerprint density at radius 3 is 2.53 bits per heavy atom. The summed E-state index contributed by atoms with van der Waals surface area (Å²) in [5, 5.41) is 0. The fraction of sp³-hybridized carbons (Fsp3) is 0.923. The van der Waals surface area contributed by atoms with E-state index < -0.39 is 0 Å². The fourth-order valence-corrected chi connectivity index (χ4v) is 2.17. The van der Waals surface area contributed by atoms with Crippen LogP contribution in [-0.4, -0.2) is 41.4 Å². The molecule has 0 aromatic heterocycles. The molecule has 0 spiro atoms. The second-order valence-corrected chi connectivity index (χ2v) is 5.52. The number of thioether (sulfide) groups is 1. The van der Waals surface area contributed by atoms with Crippen molar-refractivity contribution in [3.63, 3.8) is 0 Å². The van der Waals surface area contributed by atoms with Crippen LogP contribution in [0, 0.1) is 0 Å². The van der Waals surface area contributed by atoms with Crippen LogP contribution in [0.5, 0.6) is 0 Å². The first-order chi connectivity index (χ1) is 8.08. The summed E-state index contributed by atoms with van der Waals surface area (Å²) in [6, 6.07) is -0.0253. The Kier molecular flexibility index (Phi) is 9.65. The normalized spacial score (nSPS) is 14.4. The van der Waals surface area contributed by atoms with Crippen molar-refractivity contribution in [2.24, 2.45) is 5.73 Å². The van der Waals surface area contributed by atoms with Gasteiger partial charge in [0.15, 0.2) is 0 Å². The number of amides is 1. The lowest BCUT2D eigenvalue weighted by Gasteiger charge is -2.31. The fourth-order valence-electron chi connectivity index (χ4n) is 1.68. The van der Waals surface area contributed by atoms with Crippen molar-refractivity contribution in [1.82, 2.24) is 4.90 Å². The summed E-state index contributed by atoms with van der Waals surface area (Å²) >= 11 is 1.74. The van der Waals surface area contributed by atoms with Crippen molar-refractivity contribution in [3.8, 4) is 0 Å². The van der Waals surface area contributed by atoms with E-state index in [1.165, 1.54) is 0 Å². The molecule has 0 heterocycles. The summed E-state index contributed by atoms with van der Waals surface area (Å²) in [6.45, 7) is 7.21. The summed E-state index contributed by atoms with van der Waals surface area (Å²) in [6.07, 6.45) is 5.98. The van der Waals surface area contributed by atoms with Crippen LogP contribution < -0.4 is 5.73 Å². The van der Waals surface area contributed by atoms with Crippen molar-refractivity contribution in [1.29, 1.82) is 0 Å². The summed E-state index contributed by atoms with van der Waals surface area (Å²) in [7, 11) is 0. The van der Waals surface area contributed by atoms with Crippen LogP contribution in [0.3, 0.4) is 0 Å². The van der Waals surface area contributed by atoms with Crippen LogP contribution >= 0.6 is 11.8 Å². The first-order valence-electron chi connectivity index (χ1n) is 6.63. The van der Waals surface area contributed by atoms with E-state index in [0.29, 0.717) is 6.04 Å². The highest BCUT2D eigenvalue weighted by molar-refractivity contribution is 7.98. The highest BCUT2D eigenvalue weighted by Crippen LogP contribution is 2.10. The molecule has 1 amide bonds. The molecule has 0 rings (SSSR count). The second kappa shape index (κ2) is 9.77. The molecule has 0 fully saturated rings. The van der Waals surface area contributed by atoms with Crippen LogP contribution in [-0.2, 0) is 4.79 Å². The highest BCUT2D eigenvalue weighted by Gasteiger charge is 2.23. The van der Waals surface area contributed by atoms with Gasteiger partial charge in [0.05, 0.1) is 6.04 Å². The smallest absolute Gasteiger partial charge is 0.239 e. The Morgan fingerprint density at radius 2 is 2.06 bits per heavy atom. The number of hydrogen-bond acceptors (Lipinski definition) is 3. The maximum atomic E-state index is 12.2. The maximum absolute atomic E-state index is 12.2. The van der Waals surface area contributed by atoms with Gasteiger partial charge in [0.2, 0.25) is 5.91 Å². The van der Waals surface area contributed by atoms with Crippen molar-refractivity contribution in [2.45, 2.75) is 58.5 Å². The molecule has 0 aromatic carbocycles. The van der Waals surface area contributed by atoms with Gasteiger partial charge in [-0.05, 0) is 38.2 Å². The molecule has 3 nitrogen and oxygen atoms in total. The molecule has 0 radical (unpaired) electrons. The van der Waals surface area contributed by atoms with Crippen molar-refractivity contribution in [2.75, 3.05) is 18.6 Å². The molecule has 1 unspecified atom stereocenters. The average molecular weight is 260 g/mol. The van der Waals surface area contributed by atoms with Crippen LogP contribution in [0.1, 0.15) is 46.5 Å². The molecule has 2 N–H and O–H groups in total. The van der Waals surface area contributed by atoms with Crippen molar-refractivity contribution in [3.05, 3.63) is 0 Å². The summed E-state index contributed by atoms with van der Waals surface area (Å²) in [4.78, 5) is 14.2. The van der Waals surface area contributed by atoms with Gasteiger partial charge >= 0.3 is 0 Å². The van der Waals surface area contributed by atoms with Crippen LogP contribution in [0.2, 0.25) is 0 Å². The van der Waals surface area contributed by atoms with Crippen LogP contribution in [0.4, 0.5) is 0 Å². The molecule has 0 aliphatic heterocycles. The zero-order chi connectivity index (χ0) is 13.3. The minimum atomic E-state index is -0.326. The monoisotopic (exact) mass is 260 g/mol. The lowest BCUT2D eigenvalue weighted by atomic mass is 10.1. The number of carbonyl (C=O) groups excluding carboxylic acids is 1. The van der Waals surface area contributed by atoms with Gasteiger partial charge in [0.1, 0.15) is 0 Å². The Balaban J connectivity index is 4.39. The molecule has 0 saturated heterocycles. The molecule has 2 atom stereocenters. The third kappa shape index (κ3) is 6.32. The Hall–Kier alpha value is -0.220. The quantitative estimate of drug-likeness (QED) is 0.693. The topological polar surface area (TPSA) is 46.3 Å². The molecular weight excluding hydrogens is 232 g/mol. The van der Waals surface area contributed by atoms with E-state index in [2.05, 4.69) is 20.8 Å². The van der Waals surface area contributed by atoms with E-state index in [9.17, 15) is 4.79 Å². The number of nitrogens with two attached hydrogens (primary N) is 1. The zero-order valence-electron chi connectivity index (χ0n) is 11.7. The molecule has 102 valence electrons. The molecule has 4 heteroatoms. The third-order valence-corrected chi connectivity index (χ3v) is 3.75. The van der Waals surface area contributed by atoms with Gasteiger partial charge in [-0.15, -0.1) is 0 Å². The van der Waals surface area contributed by atoms with E-state index in [0.717, 1.165) is 38.0 Å². The van der Waals surface area contributed by atoms with Gasteiger partial charge in [-0.25, -0.2) is 0 Å². The number of carbonyl (C=O) groups is 1. The highest BCUT2D eigenvalue weighted by atomic mass is 32.2. The first-order valence-corrected chi connectivity index (χ1v) is 8.02. The van der Waals surface area contributed by atoms with Gasteiger partial charge in [-0.2, -0.15) is 11.8 Å². The number of hydrogen-bond donors (Lipinski definition) is 1. The lowest BCUT2D eigenvalue weighted by molar-refractivity contribution is -0.134. The third-order valence-electron chi connectivity index (χ3n) is 3.11. The van der Waals surface area contributed by atoms with E-state index in [1.807, 2.05) is 11.2 Å². The second-order valence-electron chi connectivity index (χ2n) is 4.53. The summed E-state index contributed by atoms with van der Waals surface area (Å²) in [5.41, 5.74) is 5.96. The van der Waals surface area contributed by atoms with Crippen LogP contribution in [0.15, 0.2) is 0 Å². The molecular formula is C13H28N2OS. The zero-order valence-corrected chi connectivity index (χ0v) is 12.6. The van der Waals surface area contributed by atoms with E-state index >= 15 is 0 Å². The molecule has 0 aliphatic rings. The first kappa shape index (κ1) is 16.8. The molecule has 0 saturated carbocycles. The molecule has 0 aliphatic carbocycles. The number of unbranched alkanes of at least 4 members (excludes halogenated alkanes) is 1. The molecule has 0 aromatic rings. The van der Waals surface area contributed by atoms with E-state index in [4.69, 9.17) is 5.73 Å².